The first-order valence-corrected chi connectivity index (χ1v) is 9.12. The minimum atomic E-state index is -1.09. The van der Waals surface area contributed by atoms with Gasteiger partial charge in [0.2, 0.25) is 5.79 Å². The van der Waals surface area contributed by atoms with E-state index < -0.39 is 5.79 Å². The lowest BCUT2D eigenvalue weighted by molar-refractivity contribution is -0.201. The van der Waals surface area contributed by atoms with Crippen LogP contribution in [0.4, 0.5) is 0 Å². The molecule has 7 nitrogen and oxygen atoms in total. The van der Waals surface area contributed by atoms with Crippen LogP contribution in [0.5, 0.6) is 5.75 Å². The Bertz CT molecular complexity index is 1010. The topological polar surface area (TPSA) is 71.5 Å². The molecular weight excluding hydrogens is 358 g/mol. The first kappa shape index (κ1) is 17.0. The molecule has 2 atom stereocenters. The highest BCUT2D eigenvalue weighted by molar-refractivity contribution is 5.77. The number of ether oxygens (including phenoxy) is 3. The lowest BCUT2D eigenvalue weighted by Gasteiger charge is -2.25. The molecule has 1 fully saturated rings. The maximum absolute atomic E-state index is 6.33. The van der Waals surface area contributed by atoms with Crippen LogP contribution >= 0.6 is 0 Å². The van der Waals surface area contributed by atoms with Gasteiger partial charge in [-0.2, -0.15) is 5.10 Å². The molecule has 142 valence electrons. The third kappa shape index (κ3) is 3.26. The molecule has 0 amide bonds. The third-order valence-electron chi connectivity index (χ3n) is 4.68. The normalized spacial score (nSPS) is 21.9. The third-order valence-corrected chi connectivity index (χ3v) is 4.68. The van der Waals surface area contributed by atoms with E-state index in [4.69, 9.17) is 18.6 Å². The molecule has 0 bridgehead atoms. The number of aromatic nitrogens is 3. The van der Waals surface area contributed by atoms with Crippen LogP contribution in [0, 0.1) is 0 Å². The highest BCUT2D eigenvalue weighted by Gasteiger charge is 2.47. The smallest absolute Gasteiger partial charge is 0.249 e. The van der Waals surface area contributed by atoms with Gasteiger partial charge < -0.3 is 18.6 Å². The van der Waals surface area contributed by atoms with Gasteiger partial charge in [-0.25, -0.2) is 9.67 Å². The van der Waals surface area contributed by atoms with Crippen LogP contribution in [0.25, 0.3) is 11.0 Å². The molecule has 0 unspecified atom stereocenters. The summed E-state index contributed by atoms with van der Waals surface area (Å²) in [5.41, 5.74) is 0.784. The van der Waals surface area contributed by atoms with Gasteiger partial charge >= 0.3 is 0 Å². The summed E-state index contributed by atoms with van der Waals surface area (Å²) in [5, 5.41) is 5.19. The first-order chi connectivity index (χ1) is 13.8. The second kappa shape index (κ2) is 7.10. The second-order valence-corrected chi connectivity index (χ2v) is 6.67. The lowest BCUT2D eigenvalue weighted by Crippen LogP contribution is -2.34. The van der Waals surface area contributed by atoms with Crippen LogP contribution in [-0.4, -0.2) is 34.1 Å². The Morgan fingerprint density at radius 1 is 1.11 bits per heavy atom. The number of furan rings is 1. The summed E-state index contributed by atoms with van der Waals surface area (Å²) in [6.45, 7) is 1.09. The average Bonchev–Trinajstić information content (AvgIpc) is 3.47. The molecule has 2 aromatic heterocycles. The summed E-state index contributed by atoms with van der Waals surface area (Å²) in [5.74, 6) is 0.312. The van der Waals surface area contributed by atoms with Gasteiger partial charge in [0.15, 0.2) is 5.76 Å². The SMILES string of the molecule is c1ccc(OC[C@H]2CO[C@@](Cn3cncn3)(c3cc4ccccc4o3)O2)cc1. The van der Waals surface area contributed by atoms with Crippen molar-refractivity contribution in [3.05, 3.63) is 79.1 Å². The summed E-state index contributed by atoms with van der Waals surface area (Å²) in [6, 6.07) is 19.4. The second-order valence-electron chi connectivity index (χ2n) is 6.67. The van der Waals surface area contributed by atoms with E-state index in [1.165, 1.54) is 6.33 Å². The van der Waals surface area contributed by atoms with E-state index >= 15 is 0 Å². The number of nitrogens with zero attached hydrogens (tertiary/aromatic N) is 3. The molecule has 0 spiro atoms. The molecule has 0 saturated carbocycles. The van der Waals surface area contributed by atoms with E-state index in [1.807, 2.05) is 60.7 Å². The first-order valence-electron chi connectivity index (χ1n) is 9.12. The maximum atomic E-state index is 6.33. The van der Waals surface area contributed by atoms with Gasteiger partial charge in [0.25, 0.3) is 0 Å². The fourth-order valence-electron chi connectivity index (χ4n) is 3.34. The minimum absolute atomic E-state index is 0.239. The lowest BCUT2D eigenvalue weighted by atomic mass is 10.2. The molecular formula is C21H19N3O4. The van der Waals surface area contributed by atoms with Gasteiger partial charge in [-0.3, -0.25) is 0 Å². The van der Waals surface area contributed by atoms with Crippen molar-refractivity contribution in [1.82, 2.24) is 14.8 Å². The molecule has 1 aliphatic rings. The Kier molecular flexibility index (Phi) is 4.31. The predicted molar refractivity (Wildman–Crippen MR) is 101 cm³/mol. The minimum Gasteiger partial charge on any atom is -0.491 e. The quantitative estimate of drug-likeness (QED) is 0.513. The molecule has 0 N–H and O–H groups in total. The fraction of sp³-hybridized carbons (Fsp3) is 0.238. The molecule has 0 aliphatic carbocycles. The van der Waals surface area contributed by atoms with Crippen LogP contribution in [0.3, 0.4) is 0 Å². The molecule has 7 heteroatoms. The Labute approximate surface area is 161 Å². The van der Waals surface area contributed by atoms with Gasteiger partial charge in [-0.15, -0.1) is 0 Å². The van der Waals surface area contributed by atoms with E-state index in [0.717, 1.165) is 16.7 Å². The van der Waals surface area contributed by atoms with Crippen molar-refractivity contribution in [1.29, 1.82) is 0 Å². The van der Waals surface area contributed by atoms with Gasteiger partial charge in [-0.1, -0.05) is 36.4 Å². The number of para-hydroxylation sites is 2. The van der Waals surface area contributed by atoms with Gasteiger partial charge in [0.05, 0.1) is 6.61 Å². The monoisotopic (exact) mass is 377 g/mol. The van der Waals surface area contributed by atoms with Crippen molar-refractivity contribution in [3.63, 3.8) is 0 Å². The maximum Gasteiger partial charge on any atom is 0.249 e. The van der Waals surface area contributed by atoms with Gasteiger partial charge in [-0.05, 0) is 24.3 Å². The Morgan fingerprint density at radius 2 is 1.96 bits per heavy atom. The van der Waals surface area contributed by atoms with Crippen molar-refractivity contribution in [2.75, 3.05) is 13.2 Å². The van der Waals surface area contributed by atoms with Crippen LogP contribution in [-0.2, 0) is 21.8 Å². The van der Waals surface area contributed by atoms with Crippen LogP contribution < -0.4 is 4.74 Å². The fourth-order valence-corrected chi connectivity index (χ4v) is 3.34. The van der Waals surface area contributed by atoms with Crippen molar-refractivity contribution in [3.8, 4) is 5.75 Å². The number of hydrogen-bond acceptors (Lipinski definition) is 6. The van der Waals surface area contributed by atoms with Crippen LogP contribution in [0.2, 0.25) is 0 Å². The zero-order valence-electron chi connectivity index (χ0n) is 15.1. The van der Waals surface area contributed by atoms with Gasteiger partial charge in [0, 0.05) is 5.39 Å². The van der Waals surface area contributed by atoms with E-state index in [9.17, 15) is 0 Å². The number of benzene rings is 2. The molecule has 1 aliphatic heterocycles. The summed E-state index contributed by atoms with van der Waals surface area (Å²) >= 11 is 0. The van der Waals surface area contributed by atoms with Crippen molar-refractivity contribution < 1.29 is 18.6 Å². The van der Waals surface area contributed by atoms with E-state index in [2.05, 4.69) is 10.1 Å². The molecule has 28 heavy (non-hydrogen) atoms. The standard InChI is InChI=1S/C21H19N3O4/c1-2-7-17(8-3-1)25-11-18-12-26-21(28-18,13-24-15-22-14-23-24)20-10-16-6-4-5-9-19(16)27-20/h1-10,14-15,18H,11-13H2/t18-,21+/m0/s1. The zero-order chi connectivity index (χ0) is 18.8. The highest BCUT2D eigenvalue weighted by atomic mass is 16.8. The predicted octanol–water partition coefficient (Wildman–Crippen LogP) is 3.37. The largest absolute Gasteiger partial charge is 0.491 e. The van der Waals surface area contributed by atoms with Crippen molar-refractivity contribution in [2.45, 2.75) is 18.4 Å². The summed E-state index contributed by atoms with van der Waals surface area (Å²) in [7, 11) is 0. The molecule has 3 heterocycles. The average molecular weight is 377 g/mol. The molecule has 5 rings (SSSR count). The Balaban J connectivity index is 1.40. The summed E-state index contributed by atoms with van der Waals surface area (Å²) < 4.78 is 26.1. The zero-order valence-corrected chi connectivity index (χ0v) is 15.1. The Hall–Kier alpha value is -3.16. The molecule has 2 aromatic carbocycles. The van der Waals surface area contributed by atoms with Crippen LogP contribution in [0.1, 0.15) is 5.76 Å². The molecule has 0 radical (unpaired) electrons. The number of hydrogen-bond donors (Lipinski definition) is 0. The number of rotatable bonds is 6. The van der Waals surface area contributed by atoms with Crippen molar-refractivity contribution in [2.24, 2.45) is 0 Å². The van der Waals surface area contributed by atoms with E-state index in [1.54, 1.807) is 11.0 Å². The van der Waals surface area contributed by atoms with Gasteiger partial charge in [0.1, 0.15) is 43.2 Å². The van der Waals surface area contributed by atoms with Crippen LogP contribution in [0.15, 0.2) is 77.7 Å². The number of fused-ring (bicyclic) bond motifs is 1. The van der Waals surface area contributed by atoms with Crippen molar-refractivity contribution >= 4 is 11.0 Å². The molecule has 1 saturated heterocycles. The molecule has 4 aromatic rings. The highest BCUT2D eigenvalue weighted by Crippen LogP contribution is 2.38. The van der Waals surface area contributed by atoms with E-state index in [0.29, 0.717) is 25.5 Å². The van der Waals surface area contributed by atoms with E-state index in [-0.39, 0.29) is 6.10 Å². The Morgan fingerprint density at radius 3 is 2.79 bits per heavy atom. The summed E-state index contributed by atoms with van der Waals surface area (Å²) in [4.78, 5) is 4.01. The summed E-state index contributed by atoms with van der Waals surface area (Å²) in [6.07, 6.45) is 2.87.